The number of anilines is 1. The quantitative estimate of drug-likeness (QED) is 0.208. The van der Waals surface area contributed by atoms with E-state index in [4.69, 9.17) is 21.1 Å². The Morgan fingerprint density at radius 1 is 1.05 bits per heavy atom. The molecule has 0 saturated carbocycles. The summed E-state index contributed by atoms with van der Waals surface area (Å²) in [4.78, 5) is 39.3. The van der Waals surface area contributed by atoms with Crippen molar-refractivity contribution in [1.82, 2.24) is 4.90 Å². The number of nitrogens with zero attached hydrogens (tertiary/aromatic N) is 1. The number of thioether (sulfide) groups is 1. The van der Waals surface area contributed by atoms with Gasteiger partial charge in [0.1, 0.15) is 0 Å². The van der Waals surface area contributed by atoms with Crippen LogP contribution in [0.25, 0.3) is 6.08 Å². The van der Waals surface area contributed by atoms with E-state index in [0.717, 1.165) is 20.9 Å². The number of rotatable bonds is 9. The van der Waals surface area contributed by atoms with Crippen LogP contribution in [0.4, 0.5) is 10.5 Å². The average Bonchev–Trinajstić information content (AvgIpc) is 3.13. The summed E-state index contributed by atoms with van der Waals surface area (Å²) < 4.78 is 12.5. The van der Waals surface area contributed by atoms with Crippen LogP contribution >= 0.6 is 46.0 Å². The SMILES string of the molecule is CCOc1cc(/C=C2\SC(=O)N(Cc3ccc(I)cc3)C2=O)ccc1OCC(=O)Nc1ccccc1Cl. The molecule has 0 atom stereocenters. The van der Waals surface area contributed by atoms with Crippen molar-refractivity contribution in [3.63, 3.8) is 0 Å². The fourth-order valence-corrected chi connectivity index (χ4v) is 4.84. The van der Waals surface area contributed by atoms with Crippen LogP contribution in [0.3, 0.4) is 0 Å². The molecule has 4 rings (SSSR count). The predicted molar refractivity (Wildman–Crippen MR) is 154 cm³/mol. The lowest BCUT2D eigenvalue weighted by Crippen LogP contribution is -2.27. The normalized spacial score (nSPS) is 14.2. The van der Waals surface area contributed by atoms with Crippen molar-refractivity contribution >= 4 is 74.8 Å². The van der Waals surface area contributed by atoms with Crippen LogP contribution in [-0.2, 0) is 16.1 Å². The first-order valence-corrected chi connectivity index (χ1v) is 13.5. The Balaban J connectivity index is 1.44. The molecular formula is C27H22ClIN2O5S. The Labute approximate surface area is 237 Å². The Kier molecular flexibility index (Phi) is 9.12. The second kappa shape index (κ2) is 12.5. The first kappa shape index (κ1) is 27.0. The number of benzene rings is 3. The molecule has 10 heteroatoms. The van der Waals surface area contributed by atoms with Crippen LogP contribution in [0.5, 0.6) is 11.5 Å². The van der Waals surface area contributed by atoms with Crippen LogP contribution in [0, 0.1) is 3.57 Å². The highest BCUT2D eigenvalue weighted by molar-refractivity contribution is 14.1. The number of amides is 3. The second-order valence-corrected chi connectivity index (χ2v) is 10.5. The molecule has 1 aliphatic heterocycles. The van der Waals surface area contributed by atoms with Crippen molar-refractivity contribution in [2.45, 2.75) is 13.5 Å². The Morgan fingerprint density at radius 3 is 2.54 bits per heavy atom. The van der Waals surface area contributed by atoms with Gasteiger partial charge in [-0.05, 0) is 94.9 Å². The summed E-state index contributed by atoms with van der Waals surface area (Å²) in [5.41, 5.74) is 2.04. The summed E-state index contributed by atoms with van der Waals surface area (Å²) in [6, 6.07) is 19.7. The number of halogens is 2. The molecule has 1 fully saturated rings. The molecule has 3 amide bonds. The van der Waals surface area contributed by atoms with Crippen LogP contribution in [0.2, 0.25) is 5.02 Å². The van der Waals surface area contributed by atoms with Gasteiger partial charge in [0.15, 0.2) is 18.1 Å². The summed E-state index contributed by atoms with van der Waals surface area (Å²) in [5.74, 6) is 0.0736. The molecule has 0 spiro atoms. The summed E-state index contributed by atoms with van der Waals surface area (Å²) >= 11 is 9.19. The van der Waals surface area contributed by atoms with Gasteiger partial charge >= 0.3 is 0 Å². The Bertz CT molecular complexity index is 1360. The standard InChI is InChI=1S/C27H22ClIN2O5S/c1-2-35-23-13-18(9-12-22(23)36-16-25(32)30-21-6-4-3-5-20(21)28)14-24-26(33)31(27(34)37-24)15-17-7-10-19(29)11-8-17/h3-14H,2,15-16H2,1H3,(H,30,32)/b24-14-. The second-order valence-electron chi connectivity index (χ2n) is 7.85. The van der Waals surface area contributed by atoms with Gasteiger partial charge in [0.2, 0.25) is 0 Å². The van der Waals surface area contributed by atoms with Crippen LogP contribution in [0.1, 0.15) is 18.1 Å². The molecule has 0 aromatic heterocycles. The van der Waals surface area contributed by atoms with E-state index in [2.05, 4.69) is 27.9 Å². The molecule has 37 heavy (non-hydrogen) atoms. The number of nitrogens with one attached hydrogen (secondary N) is 1. The lowest BCUT2D eigenvalue weighted by Gasteiger charge is -2.13. The minimum atomic E-state index is -0.374. The fraction of sp³-hybridized carbons (Fsp3) is 0.148. The molecule has 0 unspecified atom stereocenters. The third kappa shape index (κ3) is 7.06. The highest BCUT2D eigenvalue weighted by Gasteiger charge is 2.35. The number of para-hydroxylation sites is 1. The largest absolute Gasteiger partial charge is 0.490 e. The summed E-state index contributed by atoms with van der Waals surface area (Å²) in [6.45, 7) is 2.17. The molecule has 0 bridgehead atoms. The molecule has 1 N–H and O–H groups in total. The van der Waals surface area contributed by atoms with E-state index in [1.165, 1.54) is 4.90 Å². The maximum Gasteiger partial charge on any atom is 0.293 e. The topological polar surface area (TPSA) is 84.9 Å². The molecule has 190 valence electrons. The molecular weight excluding hydrogens is 627 g/mol. The van der Waals surface area contributed by atoms with Gasteiger partial charge in [0.25, 0.3) is 17.1 Å². The van der Waals surface area contributed by atoms with Gasteiger partial charge < -0.3 is 14.8 Å². The van der Waals surface area contributed by atoms with Crippen molar-refractivity contribution in [2.75, 3.05) is 18.5 Å². The van der Waals surface area contributed by atoms with Crippen molar-refractivity contribution in [3.05, 3.63) is 91.4 Å². The van der Waals surface area contributed by atoms with E-state index in [-0.39, 0.29) is 30.2 Å². The maximum absolute atomic E-state index is 12.9. The average molecular weight is 649 g/mol. The number of imide groups is 1. The predicted octanol–water partition coefficient (Wildman–Crippen LogP) is 6.60. The zero-order valence-electron chi connectivity index (χ0n) is 19.7. The lowest BCUT2D eigenvalue weighted by molar-refractivity contribution is -0.123. The zero-order chi connectivity index (χ0) is 26.4. The summed E-state index contributed by atoms with van der Waals surface area (Å²) in [7, 11) is 0. The molecule has 1 saturated heterocycles. The third-order valence-corrected chi connectivity index (χ3v) is 7.16. The van der Waals surface area contributed by atoms with Crippen molar-refractivity contribution < 1.29 is 23.9 Å². The van der Waals surface area contributed by atoms with Crippen molar-refractivity contribution in [1.29, 1.82) is 0 Å². The molecule has 1 heterocycles. The highest BCUT2D eigenvalue weighted by Crippen LogP contribution is 2.35. The molecule has 0 radical (unpaired) electrons. The smallest absolute Gasteiger partial charge is 0.293 e. The van der Waals surface area contributed by atoms with E-state index >= 15 is 0 Å². The lowest BCUT2D eigenvalue weighted by atomic mass is 10.1. The minimum absolute atomic E-state index is 0.214. The van der Waals surface area contributed by atoms with Gasteiger partial charge in [0.05, 0.1) is 28.8 Å². The van der Waals surface area contributed by atoms with E-state index in [0.29, 0.717) is 39.3 Å². The number of carbonyl (C=O) groups is 3. The number of hydrogen-bond donors (Lipinski definition) is 1. The van der Waals surface area contributed by atoms with Crippen LogP contribution < -0.4 is 14.8 Å². The van der Waals surface area contributed by atoms with Crippen molar-refractivity contribution in [2.24, 2.45) is 0 Å². The number of ether oxygens (including phenoxy) is 2. The van der Waals surface area contributed by atoms with Crippen LogP contribution in [-0.4, -0.2) is 35.2 Å². The van der Waals surface area contributed by atoms with Gasteiger partial charge in [-0.15, -0.1) is 0 Å². The first-order valence-electron chi connectivity index (χ1n) is 11.3. The fourth-order valence-electron chi connectivity index (χ4n) is 3.45. The minimum Gasteiger partial charge on any atom is -0.490 e. The zero-order valence-corrected chi connectivity index (χ0v) is 23.4. The van der Waals surface area contributed by atoms with E-state index in [1.807, 2.05) is 31.2 Å². The van der Waals surface area contributed by atoms with E-state index in [1.54, 1.807) is 48.5 Å². The van der Waals surface area contributed by atoms with Gasteiger partial charge in [-0.2, -0.15) is 0 Å². The molecule has 1 aliphatic rings. The molecule has 3 aromatic rings. The third-order valence-electron chi connectivity index (χ3n) is 5.20. The Morgan fingerprint density at radius 2 is 1.81 bits per heavy atom. The van der Waals surface area contributed by atoms with E-state index in [9.17, 15) is 14.4 Å². The molecule has 7 nitrogen and oxygen atoms in total. The van der Waals surface area contributed by atoms with Crippen LogP contribution in [0.15, 0.2) is 71.6 Å². The van der Waals surface area contributed by atoms with Gasteiger partial charge in [0, 0.05) is 3.57 Å². The maximum atomic E-state index is 12.9. The van der Waals surface area contributed by atoms with Crippen molar-refractivity contribution in [3.8, 4) is 11.5 Å². The van der Waals surface area contributed by atoms with E-state index < -0.39 is 0 Å². The van der Waals surface area contributed by atoms with Gasteiger partial charge in [-0.25, -0.2) is 0 Å². The first-order chi connectivity index (χ1) is 17.8. The molecule has 0 aliphatic carbocycles. The monoisotopic (exact) mass is 648 g/mol. The summed E-state index contributed by atoms with van der Waals surface area (Å²) in [6.07, 6.45) is 1.65. The number of carbonyl (C=O) groups excluding carboxylic acids is 3. The number of hydrogen-bond acceptors (Lipinski definition) is 6. The molecule has 3 aromatic carbocycles. The highest BCUT2D eigenvalue weighted by atomic mass is 127. The van der Waals surface area contributed by atoms with Gasteiger partial charge in [-0.3, -0.25) is 19.3 Å². The summed E-state index contributed by atoms with van der Waals surface area (Å²) in [5, 5.41) is 2.81. The van der Waals surface area contributed by atoms with Gasteiger partial charge in [-0.1, -0.05) is 41.9 Å². The Hall–Kier alpha value is -3.02.